The van der Waals surface area contributed by atoms with Gasteiger partial charge in [0.05, 0.1) is 13.1 Å². The van der Waals surface area contributed by atoms with E-state index in [4.69, 9.17) is 10.5 Å². The van der Waals surface area contributed by atoms with E-state index in [1.807, 2.05) is 0 Å². The highest BCUT2D eigenvalue weighted by Gasteiger charge is 2.28. The molecule has 0 aromatic carbocycles. The number of esters is 1. The fraction of sp³-hybridized carbons (Fsp3) is 0.833. The summed E-state index contributed by atoms with van der Waals surface area (Å²) < 4.78 is 5.31. The van der Waals surface area contributed by atoms with E-state index in [1.165, 1.54) is 0 Å². The number of ether oxygens (including phenoxy) is 1. The van der Waals surface area contributed by atoms with Gasteiger partial charge >= 0.3 is 5.97 Å². The Kier molecular flexibility index (Phi) is 4.93. The molecule has 0 bridgehead atoms. The van der Waals surface area contributed by atoms with Crippen molar-refractivity contribution in [2.45, 2.75) is 45.6 Å². The lowest BCUT2D eigenvalue weighted by atomic mass is 9.76. The molecule has 0 radical (unpaired) electrons. The van der Waals surface area contributed by atoms with E-state index in [9.17, 15) is 9.59 Å². The quantitative estimate of drug-likeness (QED) is 0.691. The van der Waals surface area contributed by atoms with Crippen LogP contribution in [0.2, 0.25) is 0 Å². The van der Waals surface area contributed by atoms with E-state index in [2.05, 4.69) is 19.2 Å². The monoisotopic (exact) mass is 242 g/mol. The number of carbonyl (C=O) groups is 2. The lowest BCUT2D eigenvalue weighted by Gasteiger charge is -2.33. The van der Waals surface area contributed by atoms with E-state index < -0.39 is 5.91 Å². The average molecular weight is 242 g/mol. The lowest BCUT2D eigenvalue weighted by molar-refractivity contribution is -0.150. The molecule has 5 nitrogen and oxygen atoms in total. The van der Waals surface area contributed by atoms with E-state index in [1.54, 1.807) is 0 Å². The zero-order valence-electron chi connectivity index (χ0n) is 10.6. The third kappa shape index (κ3) is 5.68. The highest BCUT2D eigenvalue weighted by atomic mass is 16.5. The Bertz CT molecular complexity index is 279. The summed E-state index contributed by atoms with van der Waals surface area (Å²) in [6.07, 6.45) is 4.05. The Morgan fingerprint density at radius 3 is 2.41 bits per heavy atom. The molecular formula is C12H22N2O3. The van der Waals surface area contributed by atoms with Crippen molar-refractivity contribution in [1.29, 1.82) is 0 Å². The average Bonchev–Trinajstić information content (AvgIpc) is 2.21. The fourth-order valence-electron chi connectivity index (χ4n) is 2.01. The van der Waals surface area contributed by atoms with E-state index in [0.717, 1.165) is 25.7 Å². The van der Waals surface area contributed by atoms with Crippen molar-refractivity contribution in [3.05, 3.63) is 0 Å². The van der Waals surface area contributed by atoms with Crippen LogP contribution >= 0.6 is 0 Å². The van der Waals surface area contributed by atoms with Crippen LogP contribution in [0, 0.1) is 5.41 Å². The Labute approximate surface area is 102 Å². The van der Waals surface area contributed by atoms with Gasteiger partial charge in [0.1, 0.15) is 6.10 Å². The van der Waals surface area contributed by atoms with Crippen LogP contribution in [0.1, 0.15) is 39.5 Å². The van der Waals surface area contributed by atoms with Gasteiger partial charge in [0.15, 0.2) is 0 Å². The third-order valence-electron chi connectivity index (χ3n) is 3.15. The molecule has 5 heteroatoms. The van der Waals surface area contributed by atoms with Crippen molar-refractivity contribution in [3.8, 4) is 0 Å². The predicted molar refractivity (Wildman–Crippen MR) is 64.2 cm³/mol. The topological polar surface area (TPSA) is 81.4 Å². The number of carbonyl (C=O) groups excluding carboxylic acids is 2. The van der Waals surface area contributed by atoms with Crippen LogP contribution in [0.4, 0.5) is 0 Å². The van der Waals surface area contributed by atoms with Crippen molar-refractivity contribution in [3.63, 3.8) is 0 Å². The van der Waals surface area contributed by atoms with Gasteiger partial charge in [-0.05, 0) is 31.1 Å². The summed E-state index contributed by atoms with van der Waals surface area (Å²) in [6.45, 7) is 4.52. The third-order valence-corrected chi connectivity index (χ3v) is 3.15. The van der Waals surface area contributed by atoms with Crippen molar-refractivity contribution >= 4 is 11.9 Å². The minimum Gasteiger partial charge on any atom is -0.461 e. The first-order valence-electron chi connectivity index (χ1n) is 6.07. The number of amides is 1. The van der Waals surface area contributed by atoms with Crippen molar-refractivity contribution in [2.75, 3.05) is 13.1 Å². The molecule has 0 heterocycles. The minimum absolute atomic E-state index is 0.00674. The molecule has 1 saturated carbocycles. The first kappa shape index (κ1) is 14.0. The van der Waals surface area contributed by atoms with Crippen LogP contribution in [0.5, 0.6) is 0 Å². The standard InChI is InChI=1S/C12H22N2O3/c1-12(2)5-3-9(4-6-12)17-11(16)8-14-7-10(13)15/h9,14H,3-8H2,1-2H3,(H2,13,15). The zero-order valence-corrected chi connectivity index (χ0v) is 10.6. The molecular weight excluding hydrogens is 220 g/mol. The molecule has 0 atom stereocenters. The van der Waals surface area contributed by atoms with Gasteiger partial charge in [-0.3, -0.25) is 14.9 Å². The summed E-state index contributed by atoms with van der Waals surface area (Å²) in [5.41, 5.74) is 5.31. The SMILES string of the molecule is CC1(C)CCC(OC(=O)CNCC(N)=O)CC1. The number of nitrogens with two attached hydrogens (primary N) is 1. The van der Waals surface area contributed by atoms with Crippen LogP contribution in [0.15, 0.2) is 0 Å². The number of rotatable bonds is 5. The second-order valence-corrected chi connectivity index (χ2v) is 5.42. The van der Waals surface area contributed by atoms with Gasteiger partial charge in [0, 0.05) is 0 Å². The normalized spacial score (nSPS) is 19.9. The lowest BCUT2D eigenvalue weighted by Crippen LogP contribution is -2.35. The van der Waals surface area contributed by atoms with Gasteiger partial charge in [-0.2, -0.15) is 0 Å². The summed E-state index contributed by atoms with van der Waals surface area (Å²) in [7, 11) is 0. The van der Waals surface area contributed by atoms with Crippen molar-refractivity contribution in [2.24, 2.45) is 11.1 Å². The van der Waals surface area contributed by atoms with E-state index in [-0.39, 0.29) is 25.2 Å². The summed E-state index contributed by atoms with van der Waals surface area (Å²) in [5.74, 6) is -0.784. The molecule has 1 amide bonds. The fourth-order valence-corrected chi connectivity index (χ4v) is 2.01. The zero-order chi connectivity index (χ0) is 12.9. The molecule has 1 aliphatic carbocycles. The van der Waals surface area contributed by atoms with E-state index >= 15 is 0 Å². The Hall–Kier alpha value is -1.10. The van der Waals surface area contributed by atoms with Crippen LogP contribution in [0.25, 0.3) is 0 Å². The number of hydrogen-bond donors (Lipinski definition) is 2. The molecule has 98 valence electrons. The largest absolute Gasteiger partial charge is 0.461 e. The second-order valence-electron chi connectivity index (χ2n) is 5.42. The van der Waals surface area contributed by atoms with Crippen LogP contribution < -0.4 is 11.1 Å². The minimum atomic E-state index is -0.475. The molecule has 0 spiro atoms. The Morgan fingerprint density at radius 2 is 1.88 bits per heavy atom. The van der Waals surface area contributed by atoms with Gasteiger partial charge in [-0.25, -0.2) is 0 Å². The predicted octanol–water partition coefficient (Wildman–Crippen LogP) is 0.573. The van der Waals surface area contributed by atoms with Gasteiger partial charge in [0.25, 0.3) is 0 Å². The highest BCUT2D eigenvalue weighted by molar-refractivity contribution is 5.77. The summed E-state index contributed by atoms with van der Waals surface area (Å²) in [6, 6.07) is 0. The maximum atomic E-state index is 11.4. The number of primary amides is 1. The van der Waals surface area contributed by atoms with Crippen molar-refractivity contribution < 1.29 is 14.3 Å². The van der Waals surface area contributed by atoms with Gasteiger partial charge in [-0.15, -0.1) is 0 Å². The summed E-state index contributed by atoms with van der Waals surface area (Å²) in [4.78, 5) is 21.9. The number of hydrogen-bond acceptors (Lipinski definition) is 4. The summed E-state index contributed by atoms with van der Waals surface area (Å²) >= 11 is 0. The van der Waals surface area contributed by atoms with Gasteiger partial charge < -0.3 is 10.5 Å². The first-order valence-corrected chi connectivity index (χ1v) is 6.07. The molecule has 3 N–H and O–H groups in total. The highest BCUT2D eigenvalue weighted by Crippen LogP contribution is 2.36. The maximum absolute atomic E-state index is 11.4. The van der Waals surface area contributed by atoms with Crippen LogP contribution in [0.3, 0.4) is 0 Å². The molecule has 1 fully saturated rings. The molecule has 17 heavy (non-hydrogen) atoms. The van der Waals surface area contributed by atoms with Crippen molar-refractivity contribution in [1.82, 2.24) is 5.32 Å². The molecule has 0 aromatic heterocycles. The summed E-state index contributed by atoms with van der Waals surface area (Å²) in [5, 5.41) is 2.64. The second kappa shape index (κ2) is 6.00. The van der Waals surface area contributed by atoms with Gasteiger partial charge in [0.2, 0.25) is 5.91 Å². The molecule has 0 saturated heterocycles. The Balaban J connectivity index is 2.17. The first-order chi connectivity index (χ1) is 7.89. The molecule has 1 rings (SSSR count). The Morgan fingerprint density at radius 1 is 1.29 bits per heavy atom. The molecule has 0 aromatic rings. The molecule has 0 aliphatic heterocycles. The molecule has 0 unspecified atom stereocenters. The van der Waals surface area contributed by atoms with Crippen LogP contribution in [-0.2, 0) is 14.3 Å². The van der Waals surface area contributed by atoms with E-state index in [0.29, 0.717) is 5.41 Å². The smallest absolute Gasteiger partial charge is 0.320 e. The van der Waals surface area contributed by atoms with Crippen LogP contribution in [-0.4, -0.2) is 31.1 Å². The van der Waals surface area contributed by atoms with Gasteiger partial charge in [-0.1, -0.05) is 13.8 Å². The maximum Gasteiger partial charge on any atom is 0.320 e. The number of nitrogens with one attached hydrogen (secondary N) is 1. The molecule has 1 aliphatic rings.